The highest BCUT2D eigenvalue weighted by Crippen LogP contribution is 2.25. The summed E-state index contributed by atoms with van der Waals surface area (Å²) < 4.78 is 9.83. The van der Waals surface area contributed by atoms with E-state index in [1.807, 2.05) is 18.2 Å². The van der Waals surface area contributed by atoms with Crippen molar-refractivity contribution in [2.75, 3.05) is 24.7 Å². The van der Waals surface area contributed by atoms with E-state index in [0.29, 0.717) is 24.7 Å². The Morgan fingerprint density at radius 3 is 1.82 bits per heavy atom. The summed E-state index contributed by atoms with van der Waals surface area (Å²) in [6.45, 7) is 7.38. The van der Waals surface area contributed by atoms with Crippen LogP contribution in [0.1, 0.15) is 0 Å². The van der Waals surface area contributed by atoms with Gasteiger partial charge in [0.15, 0.2) is 0 Å². The van der Waals surface area contributed by atoms with Crippen LogP contribution < -0.4 is 0 Å². The van der Waals surface area contributed by atoms with Crippen molar-refractivity contribution < 1.29 is 19.1 Å². The predicted molar refractivity (Wildman–Crippen MR) is 90.2 cm³/mol. The number of ether oxygens (including phenoxy) is 2. The number of esters is 2. The summed E-state index contributed by atoms with van der Waals surface area (Å²) >= 11 is 3.22. The van der Waals surface area contributed by atoms with Crippen LogP contribution in [0.4, 0.5) is 0 Å². The molecule has 0 aliphatic heterocycles. The fourth-order valence-corrected chi connectivity index (χ4v) is 3.02. The maximum atomic E-state index is 10.9. The lowest BCUT2D eigenvalue weighted by atomic mass is 10.4. The molecule has 0 heterocycles. The largest absolute Gasteiger partial charge is 0.462 e. The zero-order chi connectivity index (χ0) is 16.2. The lowest BCUT2D eigenvalue weighted by Gasteiger charge is -2.06. The lowest BCUT2D eigenvalue weighted by Crippen LogP contribution is -2.03. The molecule has 0 atom stereocenters. The molecular weight excluding hydrogens is 320 g/mol. The van der Waals surface area contributed by atoms with Crippen LogP contribution in [0, 0.1) is 0 Å². The van der Waals surface area contributed by atoms with Gasteiger partial charge in [-0.2, -0.15) is 0 Å². The molecule has 0 radical (unpaired) electrons. The monoisotopic (exact) mass is 338 g/mol. The lowest BCUT2D eigenvalue weighted by molar-refractivity contribution is -0.138. The van der Waals surface area contributed by atoms with E-state index in [0.717, 1.165) is 21.9 Å². The molecule has 0 aromatic heterocycles. The summed E-state index contributed by atoms with van der Waals surface area (Å²) in [5.41, 5.74) is 0. The van der Waals surface area contributed by atoms with Gasteiger partial charge in [-0.3, -0.25) is 0 Å². The quantitative estimate of drug-likeness (QED) is 0.282. The van der Waals surface area contributed by atoms with Crippen LogP contribution in [0.15, 0.2) is 59.4 Å². The maximum absolute atomic E-state index is 10.9. The third kappa shape index (κ3) is 7.95. The first-order chi connectivity index (χ1) is 10.7. The molecule has 118 valence electrons. The second-order valence-corrected chi connectivity index (χ2v) is 6.25. The van der Waals surface area contributed by atoms with Crippen molar-refractivity contribution in [1.82, 2.24) is 0 Å². The normalized spacial score (nSPS) is 9.82. The molecule has 1 aromatic rings. The Labute approximate surface area is 138 Å². The van der Waals surface area contributed by atoms with Crippen molar-refractivity contribution >= 4 is 35.5 Å². The van der Waals surface area contributed by atoms with Crippen LogP contribution in [0.3, 0.4) is 0 Å². The van der Waals surface area contributed by atoms with E-state index in [1.54, 1.807) is 23.5 Å². The summed E-state index contributed by atoms with van der Waals surface area (Å²) in [4.78, 5) is 24.0. The topological polar surface area (TPSA) is 52.6 Å². The number of carbonyl (C=O) groups excluding carboxylic acids is 2. The van der Waals surface area contributed by atoms with Crippen molar-refractivity contribution in [3.8, 4) is 0 Å². The van der Waals surface area contributed by atoms with E-state index < -0.39 is 11.9 Å². The van der Waals surface area contributed by atoms with Crippen LogP contribution in [0.25, 0.3) is 0 Å². The van der Waals surface area contributed by atoms with Gasteiger partial charge in [0.25, 0.3) is 0 Å². The molecule has 0 saturated heterocycles. The van der Waals surface area contributed by atoms with E-state index in [9.17, 15) is 9.59 Å². The standard InChI is InChI=1S/C16H18O4S2/c1-3-15(17)19-8-10-21-13-6-5-7-14(12-13)22-11-9-20-16(18)4-2/h3-7,12H,1-2,8-11H2. The van der Waals surface area contributed by atoms with E-state index in [4.69, 9.17) is 9.47 Å². The number of rotatable bonds is 10. The molecule has 0 spiro atoms. The van der Waals surface area contributed by atoms with E-state index in [2.05, 4.69) is 19.2 Å². The molecule has 0 amide bonds. The Morgan fingerprint density at radius 2 is 1.41 bits per heavy atom. The minimum Gasteiger partial charge on any atom is -0.462 e. The molecule has 0 bridgehead atoms. The molecule has 0 aliphatic carbocycles. The molecule has 0 aliphatic rings. The van der Waals surface area contributed by atoms with Crippen LogP contribution in [-0.2, 0) is 19.1 Å². The van der Waals surface area contributed by atoms with Gasteiger partial charge in [-0.1, -0.05) is 19.2 Å². The summed E-state index contributed by atoms with van der Waals surface area (Å²) in [5, 5.41) is 0. The SMILES string of the molecule is C=CC(=O)OCCSc1cccc(SCCOC(=O)C=C)c1. The zero-order valence-electron chi connectivity index (χ0n) is 12.2. The molecular formula is C16H18O4S2. The highest BCUT2D eigenvalue weighted by atomic mass is 32.2. The predicted octanol–water partition coefficient (Wildman–Crippen LogP) is 3.33. The van der Waals surface area contributed by atoms with E-state index in [-0.39, 0.29) is 0 Å². The molecule has 0 N–H and O–H groups in total. The van der Waals surface area contributed by atoms with Crippen molar-refractivity contribution in [2.24, 2.45) is 0 Å². The van der Waals surface area contributed by atoms with Gasteiger partial charge in [0.1, 0.15) is 13.2 Å². The fourth-order valence-electron chi connectivity index (χ4n) is 1.38. The molecule has 1 aromatic carbocycles. The highest BCUT2D eigenvalue weighted by molar-refractivity contribution is 8.00. The first kappa shape index (κ1) is 18.4. The highest BCUT2D eigenvalue weighted by Gasteiger charge is 2.01. The van der Waals surface area contributed by atoms with E-state index in [1.165, 1.54) is 0 Å². The summed E-state index contributed by atoms with van der Waals surface area (Å²) in [6.07, 6.45) is 2.31. The van der Waals surface area contributed by atoms with Crippen molar-refractivity contribution in [3.05, 3.63) is 49.6 Å². The minimum atomic E-state index is -0.404. The Kier molecular flexibility index (Phi) is 9.18. The summed E-state index contributed by atoms with van der Waals surface area (Å²) in [7, 11) is 0. The zero-order valence-corrected chi connectivity index (χ0v) is 13.8. The molecule has 22 heavy (non-hydrogen) atoms. The van der Waals surface area contributed by atoms with Gasteiger partial charge in [-0.25, -0.2) is 9.59 Å². The smallest absolute Gasteiger partial charge is 0.330 e. The van der Waals surface area contributed by atoms with Crippen molar-refractivity contribution in [3.63, 3.8) is 0 Å². The van der Waals surface area contributed by atoms with Crippen molar-refractivity contribution in [2.45, 2.75) is 9.79 Å². The summed E-state index contributed by atoms with van der Waals surface area (Å²) in [6, 6.07) is 8.03. The van der Waals surface area contributed by atoms with Gasteiger partial charge in [0.05, 0.1) is 0 Å². The third-order valence-electron chi connectivity index (χ3n) is 2.33. The minimum absolute atomic E-state index is 0.352. The van der Waals surface area contributed by atoms with Crippen molar-refractivity contribution in [1.29, 1.82) is 0 Å². The Bertz CT molecular complexity index is 485. The Hall–Kier alpha value is -1.66. The second-order valence-electron chi connectivity index (χ2n) is 3.92. The number of hydrogen-bond acceptors (Lipinski definition) is 6. The average molecular weight is 338 g/mol. The van der Waals surface area contributed by atoms with Crippen LogP contribution in [-0.4, -0.2) is 36.7 Å². The van der Waals surface area contributed by atoms with Gasteiger partial charge in [0.2, 0.25) is 0 Å². The molecule has 0 unspecified atom stereocenters. The molecule has 4 nitrogen and oxygen atoms in total. The maximum Gasteiger partial charge on any atom is 0.330 e. The second kappa shape index (κ2) is 11.0. The summed E-state index contributed by atoms with van der Waals surface area (Å²) in [5.74, 6) is 0.563. The molecule has 6 heteroatoms. The number of benzene rings is 1. The van der Waals surface area contributed by atoms with Gasteiger partial charge in [-0.05, 0) is 18.2 Å². The van der Waals surface area contributed by atoms with Crippen LogP contribution >= 0.6 is 23.5 Å². The molecule has 0 saturated carbocycles. The number of hydrogen-bond donors (Lipinski definition) is 0. The van der Waals surface area contributed by atoms with Gasteiger partial charge in [-0.15, -0.1) is 23.5 Å². The molecule has 0 fully saturated rings. The Morgan fingerprint density at radius 1 is 0.955 bits per heavy atom. The average Bonchev–Trinajstić information content (AvgIpc) is 2.55. The van der Waals surface area contributed by atoms with Gasteiger partial charge >= 0.3 is 11.9 Å². The fraction of sp³-hybridized carbons (Fsp3) is 0.250. The van der Waals surface area contributed by atoms with Gasteiger partial charge < -0.3 is 9.47 Å². The first-order valence-corrected chi connectivity index (χ1v) is 8.57. The first-order valence-electron chi connectivity index (χ1n) is 6.59. The number of thioether (sulfide) groups is 2. The van der Waals surface area contributed by atoms with Crippen LogP contribution in [0.2, 0.25) is 0 Å². The van der Waals surface area contributed by atoms with Crippen LogP contribution in [0.5, 0.6) is 0 Å². The molecule has 1 rings (SSSR count). The Balaban J connectivity index is 2.29. The van der Waals surface area contributed by atoms with E-state index >= 15 is 0 Å². The third-order valence-corrected chi connectivity index (χ3v) is 4.25. The number of carbonyl (C=O) groups is 2. The van der Waals surface area contributed by atoms with Gasteiger partial charge in [0, 0.05) is 33.4 Å².